The number of carbonyl (C=O) groups is 3. The molecule has 0 N–H and O–H groups in total. The quantitative estimate of drug-likeness (QED) is 0.529. The summed E-state index contributed by atoms with van der Waals surface area (Å²) >= 11 is 0. The number of imidazole rings is 1. The lowest BCUT2D eigenvalue weighted by atomic mass is 9.83. The van der Waals surface area contributed by atoms with E-state index in [0.717, 1.165) is 35.5 Å². The number of hydrogen-bond donors (Lipinski definition) is 0. The van der Waals surface area contributed by atoms with E-state index < -0.39 is 11.2 Å². The molecule has 1 spiro atoms. The van der Waals surface area contributed by atoms with Crippen molar-refractivity contribution in [2.75, 3.05) is 39.8 Å². The lowest BCUT2D eigenvalue weighted by Crippen LogP contribution is -2.50. The summed E-state index contributed by atoms with van der Waals surface area (Å²) in [5.41, 5.74) is 1.13. The SMILES string of the molecule is CN(C(=O)c1nc2c(n1C)C1(CCN(C(=O)OCC3CC3)CC1)Oc1ccccc1-2)C1CCN(C(=O)OC(C)(C)C)C1. The number of para-hydroxylation sites is 1. The third kappa shape index (κ3) is 5.29. The van der Waals surface area contributed by atoms with Crippen LogP contribution in [0.15, 0.2) is 24.3 Å². The predicted octanol–water partition coefficient (Wildman–Crippen LogP) is 4.40. The Morgan fingerprint density at radius 1 is 1.05 bits per heavy atom. The van der Waals surface area contributed by atoms with Gasteiger partial charge in [-0.3, -0.25) is 4.79 Å². The van der Waals surface area contributed by atoms with Crippen molar-refractivity contribution in [3.05, 3.63) is 35.8 Å². The van der Waals surface area contributed by atoms with Gasteiger partial charge in [-0.1, -0.05) is 12.1 Å². The lowest BCUT2D eigenvalue weighted by molar-refractivity contribution is -0.0111. The second-order valence-electron chi connectivity index (χ2n) is 13.1. The first-order chi connectivity index (χ1) is 20.0. The van der Waals surface area contributed by atoms with Crippen LogP contribution in [-0.2, 0) is 22.1 Å². The van der Waals surface area contributed by atoms with Crippen molar-refractivity contribution in [3.63, 3.8) is 0 Å². The molecular weight excluding hydrogens is 538 g/mol. The summed E-state index contributed by atoms with van der Waals surface area (Å²) in [5, 5.41) is 0. The standard InChI is InChI=1S/C31H41N5O6/c1-30(2,3)42-29(39)36-15-12-21(18-36)33(4)27(37)26-32-24-22-8-6-7-9-23(22)41-31(25(24)34(26)5)13-16-35(17-14-31)28(38)40-19-20-10-11-20/h6-9,20-21H,10-19H2,1-5H3. The van der Waals surface area contributed by atoms with Crippen molar-refractivity contribution in [2.24, 2.45) is 13.0 Å². The van der Waals surface area contributed by atoms with Gasteiger partial charge in [-0.2, -0.15) is 0 Å². The number of benzene rings is 1. The van der Waals surface area contributed by atoms with Crippen LogP contribution < -0.4 is 4.74 Å². The Bertz CT molecular complexity index is 1380. The number of amides is 3. The Morgan fingerprint density at radius 3 is 2.45 bits per heavy atom. The summed E-state index contributed by atoms with van der Waals surface area (Å²) in [6.07, 6.45) is 3.41. The van der Waals surface area contributed by atoms with Gasteiger partial charge in [0.25, 0.3) is 5.91 Å². The Balaban J connectivity index is 1.23. The summed E-state index contributed by atoms with van der Waals surface area (Å²) < 4.78 is 19.7. The van der Waals surface area contributed by atoms with E-state index in [1.54, 1.807) is 21.7 Å². The number of likely N-dealkylation sites (N-methyl/N-ethyl adjacent to an activating group) is 1. The number of carbonyl (C=O) groups excluding carboxylic acids is 3. The molecule has 4 aliphatic rings. The van der Waals surface area contributed by atoms with Crippen LogP contribution >= 0.6 is 0 Å². The van der Waals surface area contributed by atoms with Gasteiger partial charge in [-0.25, -0.2) is 14.6 Å². The first-order valence-electron chi connectivity index (χ1n) is 15.0. The summed E-state index contributed by atoms with van der Waals surface area (Å²) in [7, 11) is 3.63. The van der Waals surface area contributed by atoms with E-state index in [-0.39, 0.29) is 24.1 Å². The zero-order valence-corrected chi connectivity index (χ0v) is 25.2. The number of ether oxygens (including phenoxy) is 3. The van der Waals surface area contributed by atoms with Gasteiger partial charge in [0, 0.05) is 58.7 Å². The smallest absolute Gasteiger partial charge is 0.410 e. The van der Waals surface area contributed by atoms with Gasteiger partial charge < -0.3 is 33.5 Å². The number of hydrogen-bond acceptors (Lipinski definition) is 7. The molecule has 1 atom stereocenters. The summed E-state index contributed by atoms with van der Waals surface area (Å²) in [6, 6.07) is 7.62. The van der Waals surface area contributed by atoms with E-state index >= 15 is 0 Å². The third-order valence-corrected chi connectivity index (χ3v) is 8.82. The highest BCUT2D eigenvalue weighted by Gasteiger charge is 2.48. The van der Waals surface area contributed by atoms with E-state index in [1.165, 1.54) is 0 Å². The zero-order chi connectivity index (χ0) is 29.8. The van der Waals surface area contributed by atoms with Gasteiger partial charge in [0.15, 0.2) is 11.4 Å². The Morgan fingerprint density at radius 2 is 1.76 bits per heavy atom. The highest BCUT2D eigenvalue weighted by molar-refractivity contribution is 5.93. The van der Waals surface area contributed by atoms with Gasteiger partial charge in [0.05, 0.1) is 18.3 Å². The van der Waals surface area contributed by atoms with Crippen molar-refractivity contribution in [3.8, 4) is 17.0 Å². The molecule has 3 amide bonds. The Kier molecular flexibility index (Phi) is 7.09. The molecular formula is C31H41N5O6. The Labute approximate surface area is 246 Å². The second-order valence-corrected chi connectivity index (χ2v) is 13.1. The molecule has 11 heteroatoms. The van der Waals surface area contributed by atoms with Crippen LogP contribution in [0.3, 0.4) is 0 Å². The maximum Gasteiger partial charge on any atom is 0.410 e. The molecule has 1 aliphatic carbocycles. The maximum absolute atomic E-state index is 13.9. The van der Waals surface area contributed by atoms with Crippen LogP contribution in [0.2, 0.25) is 0 Å². The van der Waals surface area contributed by atoms with E-state index in [0.29, 0.717) is 63.8 Å². The lowest BCUT2D eigenvalue weighted by Gasteiger charge is -2.44. The average molecular weight is 580 g/mol. The summed E-state index contributed by atoms with van der Waals surface area (Å²) in [5.74, 6) is 1.35. The first kappa shape index (κ1) is 28.4. The summed E-state index contributed by atoms with van der Waals surface area (Å²) in [4.78, 5) is 49.3. The fourth-order valence-electron chi connectivity index (χ4n) is 6.24. The predicted molar refractivity (Wildman–Crippen MR) is 154 cm³/mol. The van der Waals surface area contributed by atoms with Crippen molar-refractivity contribution in [2.45, 2.75) is 70.1 Å². The highest BCUT2D eigenvalue weighted by Crippen LogP contribution is 2.49. The number of rotatable bonds is 4. The largest absolute Gasteiger partial charge is 0.480 e. The minimum atomic E-state index is -0.726. The number of likely N-dealkylation sites (tertiary alicyclic amines) is 2. The zero-order valence-electron chi connectivity index (χ0n) is 25.2. The molecule has 0 radical (unpaired) electrons. The monoisotopic (exact) mass is 579 g/mol. The van der Waals surface area contributed by atoms with E-state index in [2.05, 4.69) is 0 Å². The molecule has 6 rings (SSSR count). The molecule has 1 saturated carbocycles. The van der Waals surface area contributed by atoms with Gasteiger partial charge >= 0.3 is 12.2 Å². The number of nitrogens with zero attached hydrogens (tertiary/aromatic N) is 5. The molecule has 4 heterocycles. The van der Waals surface area contributed by atoms with E-state index in [1.807, 2.05) is 56.7 Å². The third-order valence-electron chi connectivity index (χ3n) is 8.82. The van der Waals surface area contributed by atoms with E-state index in [4.69, 9.17) is 19.2 Å². The molecule has 2 saturated heterocycles. The number of fused-ring (bicyclic) bond motifs is 4. The summed E-state index contributed by atoms with van der Waals surface area (Å²) in [6.45, 7) is 7.93. The van der Waals surface area contributed by atoms with Crippen molar-refractivity contribution in [1.29, 1.82) is 0 Å². The van der Waals surface area contributed by atoms with Crippen molar-refractivity contribution >= 4 is 18.1 Å². The molecule has 1 aromatic carbocycles. The fraction of sp³-hybridized carbons (Fsp3) is 0.613. The van der Waals surface area contributed by atoms with Crippen LogP contribution in [-0.4, -0.2) is 93.8 Å². The minimum Gasteiger partial charge on any atom is -0.480 e. The van der Waals surface area contributed by atoms with Gasteiger partial charge in [-0.05, 0) is 58.1 Å². The molecule has 11 nitrogen and oxygen atoms in total. The van der Waals surface area contributed by atoms with Crippen molar-refractivity contribution in [1.82, 2.24) is 24.3 Å². The molecule has 1 unspecified atom stereocenters. The highest BCUT2D eigenvalue weighted by atomic mass is 16.6. The molecule has 2 aromatic rings. The van der Waals surface area contributed by atoms with Crippen LogP contribution in [0.5, 0.6) is 5.75 Å². The fourth-order valence-corrected chi connectivity index (χ4v) is 6.24. The van der Waals surface area contributed by atoms with Crippen LogP contribution in [0, 0.1) is 5.92 Å². The maximum atomic E-state index is 13.9. The Hall–Kier alpha value is -3.76. The van der Waals surface area contributed by atoms with Crippen LogP contribution in [0.1, 0.15) is 69.2 Å². The number of piperidine rings is 1. The van der Waals surface area contributed by atoms with Gasteiger partial charge in [-0.15, -0.1) is 0 Å². The van der Waals surface area contributed by atoms with E-state index in [9.17, 15) is 14.4 Å². The molecule has 3 aliphatic heterocycles. The molecule has 226 valence electrons. The van der Waals surface area contributed by atoms with Crippen molar-refractivity contribution < 1.29 is 28.6 Å². The molecule has 1 aromatic heterocycles. The van der Waals surface area contributed by atoms with Gasteiger partial charge in [0.1, 0.15) is 17.0 Å². The average Bonchev–Trinajstić information content (AvgIpc) is 3.52. The molecule has 0 bridgehead atoms. The van der Waals surface area contributed by atoms with Crippen LogP contribution in [0.4, 0.5) is 9.59 Å². The number of aromatic nitrogens is 2. The minimum absolute atomic E-state index is 0.152. The normalized spacial score (nSPS) is 20.9. The topological polar surface area (TPSA) is 106 Å². The second kappa shape index (κ2) is 10.5. The molecule has 42 heavy (non-hydrogen) atoms. The first-order valence-corrected chi connectivity index (χ1v) is 15.0. The van der Waals surface area contributed by atoms with Gasteiger partial charge in [0.2, 0.25) is 0 Å². The van der Waals surface area contributed by atoms with Crippen LogP contribution in [0.25, 0.3) is 11.3 Å². The molecule has 3 fully saturated rings.